The van der Waals surface area contributed by atoms with Gasteiger partial charge in [0.2, 0.25) is 0 Å². The number of benzene rings is 2. The topological polar surface area (TPSA) is 45.1 Å². The van der Waals surface area contributed by atoms with Gasteiger partial charge in [-0.1, -0.05) is 36.0 Å². The predicted molar refractivity (Wildman–Crippen MR) is 122 cm³/mol. The summed E-state index contributed by atoms with van der Waals surface area (Å²) in [6, 6.07) is 15.7. The molecule has 0 N–H and O–H groups in total. The second kappa shape index (κ2) is 8.39. The molecule has 1 fully saturated rings. The van der Waals surface area contributed by atoms with Crippen LogP contribution in [0, 0.1) is 0 Å². The van der Waals surface area contributed by atoms with Crippen LogP contribution in [-0.2, 0) is 4.79 Å². The highest BCUT2D eigenvalue weighted by Gasteiger charge is 2.39. The molecule has 0 aromatic heterocycles. The summed E-state index contributed by atoms with van der Waals surface area (Å²) in [5.74, 6) is 0.768. The molecular weight excluding hydrogens is 402 g/mol. The lowest BCUT2D eigenvalue weighted by atomic mass is 10.2. The number of ether oxygens (including phenoxy) is 1. The average Bonchev–Trinajstić information content (AvgIpc) is 3.26. The van der Waals surface area contributed by atoms with Gasteiger partial charge in [-0.05, 0) is 43.0 Å². The zero-order valence-electron chi connectivity index (χ0n) is 16.3. The van der Waals surface area contributed by atoms with E-state index in [0.717, 1.165) is 33.6 Å². The summed E-state index contributed by atoms with van der Waals surface area (Å²) in [5.41, 5.74) is 1.89. The molecule has 0 bridgehead atoms. The van der Waals surface area contributed by atoms with Crippen molar-refractivity contribution in [3.8, 4) is 5.75 Å². The Morgan fingerprint density at radius 3 is 2.62 bits per heavy atom. The van der Waals surface area contributed by atoms with Crippen molar-refractivity contribution in [2.45, 2.75) is 11.8 Å². The van der Waals surface area contributed by atoms with Gasteiger partial charge in [0.25, 0.3) is 5.91 Å². The molecule has 2 aromatic rings. The zero-order chi connectivity index (χ0) is 20.4. The molecule has 2 aliphatic heterocycles. The number of nitrogens with zero attached hydrogens (tertiary/aromatic N) is 3. The third-order valence-electron chi connectivity index (χ3n) is 4.58. The molecule has 0 atom stereocenters. The van der Waals surface area contributed by atoms with Gasteiger partial charge in [-0.25, -0.2) is 4.99 Å². The van der Waals surface area contributed by atoms with E-state index in [9.17, 15) is 4.79 Å². The Morgan fingerprint density at radius 1 is 1.14 bits per heavy atom. The molecule has 2 aromatic carbocycles. The fraction of sp³-hybridized carbons (Fsp3) is 0.182. The standard InChI is InChI=1S/C22H21N3O2S2/c1-4-13-25-20(26)19(29-22(25)23-15-9-7-6-8-10-15)21-24(5-2)17-14-16(27-3)11-12-18(17)28-21/h4,6-12,14H,1,5,13H2,2-3H3/b21-19-,23-22?. The van der Waals surface area contributed by atoms with E-state index >= 15 is 0 Å². The van der Waals surface area contributed by atoms with Gasteiger partial charge in [-0.15, -0.1) is 6.58 Å². The third-order valence-corrected chi connectivity index (χ3v) is 6.95. The monoisotopic (exact) mass is 423 g/mol. The Balaban J connectivity index is 1.76. The molecule has 1 saturated heterocycles. The van der Waals surface area contributed by atoms with Crippen molar-refractivity contribution in [2.24, 2.45) is 4.99 Å². The van der Waals surface area contributed by atoms with Crippen LogP contribution in [-0.4, -0.2) is 36.2 Å². The van der Waals surface area contributed by atoms with Crippen molar-refractivity contribution in [2.75, 3.05) is 25.1 Å². The number of thioether (sulfide) groups is 2. The summed E-state index contributed by atoms with van der Waals surface area (Å²) in [5, 5.41) is 1.62. The van der Waals surface area contributed by atoms with E-state index in [1.807, 2.05) is 48.5 Å². The van der Waals surface area contributed by atoms with Crippen LogP contribution >= 0.6 is 23.5 Å². The SMILES string of the molecule is C=CCN1C(=O)/C(=C2/Sc3ccc(OC)cc3N2CC)SC1=Nc1ccccc1. The Bertz CT molecular complexity index is 1020. The summed E-state index contributed by atoms with van der Waals surface area (Å²) in [7, 11) is 1.66. The number of para-hydroxylation sites is 1. The van der Waals surface area contributed by atoms with E-state index in [-0.39, 0.29) is 5.91 Å². The van der Waals surface area contributed by atoms with Gasteiger partial charge in [0.05, 0.1) is 18.5 Å². The van der Waals surface area contributed by atoms with Crippen molar-refractivity contribution >= 4 is 46.0 Å². The molecule has 1 amide bonds. The van der Waals surface area contributed by atoms with Gasteiger partial charge in [0, 0.05) is 24.1 Å². The number of carbonyl (C=O) groups is 1. The number of hydrogen-bond acceptors (Lipinski definition) is 6. The molecule has 0 aliphatic carbocycles. The lowest BCUT2D eigenvalue weighted by Crippen LogP contribution is -2.30. The maximum absolute atomic E-state index is 13.3. The highest BCUT2D eigenvalue weighted by atomic mass is 32.2. The maximum atomic E-state index is 13.3. The Hall–Kier alpha value is -2.64. The summed E-state index contributed by atoms with van der Waals surface area (Å²) in [6.07, 6.45) is 1.73. The second-order valence-electron chi connectivity index (χ2n) is 6.35. The first kappa shape index (κ1) is 19.7. The second-order valence-corrected chi connectivity index (χ2v) is 8.36. The molecule has 4 rings (SSSR count). The van der Waals surface area contributed by atoms with Gasteiger partial charge < -0.3 is 9.64 Å². The number of amides is 1. The van der Waals surface area contributed by atoms with Crippen molar-refractivity contribution in [1.82, 2.24) is 4.90 Å². The van der Waals surface area contributed by atoms with E-state index in [2.05, 4.69) is 18.4 Å². The summed E-state index contributed by atoms with van der Waals surface area (Å²) < 4.78 is 5.38. The van der Waals surface area contributed by atoms with Gasteiger partial charge in [0.1, 0.15) is 15.7 Å². The first-order valence-corrected chi connectivity index (χ1v) is 10.9. The first-order chi connectivity index (χ1) is 14.2. The normalized spacial score (nSPS) is 19.8. The molecule has 7 heteroatoms. The number of rotatable bonds is 5. The Labute approximate surface area is 179 Å². The molecular formula is C22H21N3O2S2. The molecule has 0 unspecified atom stereocenters. The molecule has 0 spiro atoms. The van der Waals surface area contributed by atoms with Gasteiger partial charge >= 0.3 is 0 Å². The molecule has 2 aliphatic rings. The fourth-order valence-corrected chi connectivity index (χ4v) is 5.58. The van der Waals surface area contributed by atoms with Crippen LogP contribution in [0.4, 0.5) is 11.4 Å². The van der Waals surface area contributed by atoms with Crippen molar-refractivity contribution in [3.05, 3.63) is 71.1 Å². The minimum Gasteiger partial charge on any atom is -0.497 e. The maximum Gasteiger partial charge on any atom is 0.269 e. The number of carbonyl (C=O) groups excluding carboxylic acids is 1. The molecule has 148 valence electrons. The summed E-state index contributed by atoms with van der Waals surface area (Å²) >= 11 is 3.04. The van der Waals surface area contributed by atoms with Crippen molar-refractivity contribution in [1.29, 1.82) is 0 Å². The smallest absolute Gasteiger partial charge is 0.269 e. The zero-order valence-corrected chi connectivity index (χ0v) is 17.9. The summed E-state index contributed by atoms with van der Waals surface area (Å²) in [4.78, 5) is 23.7. The van der Waals surface area contributed by atoms with Crippen LogP contribution in [0.2, 0.25) is 0 Å². The Kier molecular flexibility index (Phi) is 5.69. The van der Waals surface area contributed by atoms with E-state index in [1.165, 1.54) is 11.8 Å². The van der Waals surface area contributed by atoms with Crippen LogP contribution in [0.5, 0.6) is 5.75 Å². The molecule has 0 saturated carbocycles. The molecule has 29 heavy (non-hydrogen) atoms. The molecule has 2 heterocycles. The molecule has 5 nitrogen and oxygen atoms in total. The highest BCUT2D eigenvalue weighted by Crippen LogP contribution is 2.51. The summed E-state index contributed by atoms with van der Waals surface area (Å²) in [6.45, 7) is 7.06. The van der Waals surface area contributed by atoms with Gasteiger partial charge in [-0.3, -0.25) is 9.69 Å². The van der Waals surface area contributed by atoms with Crippen LogP contribution in [0.3, 0.4) is 0 Å². The van der Waals surface area contributed by atoms with Crippen LogP contribution in [0.25, 0.3) is 0 Å². The van der Waals surface area contributed by atoms with E-state index < -0.39 is 0 Å². The number of aliphatic imine (C=N–C) groups is 1. The van der Waals surface area contributed by atoms with Crippen LogP contribution in [0.1, 0.15) is 6.92 Å². The lowest BCUT2D eigenvalue weighted by molar-refractivity contribution is -0.121. The fourth-order valence-electron chi connectivity index (χ4n) is 3.19. The van der Waals surface area contributed by atoms with E-state index in [4.69, 9.17) is 9.73 Å². The number of anilines is 1. The van der Waals surface area contributed by atoms with E-state index in [1.54, 1.807) is 29.8 Å². The van der Waals surface area contributed by atoms with Gasteiger partial charge in [-0.2, -0.15) is 0 Å². The first-order valence-electron chi connectivity index (χ1n) is 9.28. The number of hydrogen-bond donors (Lipinski definition) is 0. The number of methoxy groups -OCH3 is 1. The third kappa shape index (κ3) is 3.68. The average molecular weight is 424 g/mol. The van der Waals surface area contributed by atoms with Crippen LogP contribution < -0.4 is 9.64 Å². The van der Waals surface area contributed by atoms with Crippen LogP contribution in [0.15, 0.2) is 81.0 Å². The molecule has 0 radical (unpaired) electrons. The predicted octanol–water partition coefficient (Wildman–Crippen LogP) is 5.25. The lowest BCUT2D eigenvalue weighted by Gasteiger charge is -2.19. The minimum absolute atomic E-state index is 0.0368. The highest BCUT2D eigenvalue weighted by molar-refractivity contribution is 8.19. The van der Waals surface area contributed by atoms with Crippen molar-refractivity contribution in [3.63, 3.8) is 0 Å². The minimum atomic E-state index is -0.0368. The largest absolute Gasteiger partial charge is 0.497 e. The number of amidine groups is 1. The number of fused-ring (bicyclic) bond motifs is 1. The van der Waals surface area contributed by atoms with E-state index in [0.29, 0.717) is 16.6 Å². The van der Waals surface area contributed by atoms with Crippen molar-refractivity contribution < 1.29 is 9.53 Å². The van der Waals surface area contributed by atoms with Gasteiger partial charge in [0.15, 0.2) is 5.17 Å². The Morgan fingerprint density at radius 2 is 1.93 bits per heavy atom. The quantitative estimate of drug-likeness (QED) is 0.486.